The predicted octanol–water partition coefficient (Wildman–Crippen LogP) is 2.18. The zero-order chi connectivity index (χ0) is 9.97. The number of pyridine rings is 1. The number of aromatic nitrogens is 1. The fraction of sp³-hybridized carbons (Fsp3) is 0. The summed E-state index contributed by atoms with van der Waals surface area (Å²) >= 11 is 0. The summed E-state index contributed by atoms with van der Waals surface area (Å²) in [6.07, 6.45) is 1.57. The van der Waals surface area contributed by atoms with E-state index < -0.39 is 0 Å². The van der Waals surface area contributed by atoms with Crippen molar-refractivity contribution in [1.29, 1.82) is 0 Å². The lowest BCUT2D eigenvalue weighted by Gasteiger charge is -1.99. The van der Waals surface area contributed by atoms with Gasteiger partial charge in [0.2, 0.25) is 5.56 Å². The molecule has 0 aliphatic heterocycles. The highest BCUT2D eigenvalue weighted by molar-refractivity contribution is 5.61. The summed E-state index contributed by atoms with van der Waals surface area (Å²) in [7, 11) is 0. The van der Waals surface area contributed by atoms with Gasteiger partial charge in [-0.3, -0.25) is 4.79 Å². The Morgan fingerprint density at radius 3 is 2.57 bits per heavy atom. The number of rotatable bonds is 1. The molecule has 0 fully saturated rings. The lowest BCUT2D eigenvalue weighted by molar-refractivity contribution is 0.628. The smallest absolute Gasteiger partial charge is 0.247 e. The molecule has 0 saturated heterocycles. The van der Waals surface area contributed by atoms with Crippen LogP contribution >= 0.6 is 0 Å². The van der Waals surface area contributed by atoms with Gasteiger partial charge in [-0.1, -0.05) is 12.1 Å². The van der Waals surface area contributed by atoms with Crippen LogP contribution in [-0.2, 0) is 0 Å². The van der Waals surface area contributed by atoms with Crippen LogP contribution in [0.4, 0.5) is 4.39 Å². The van der Waals surface area contributed by atoms with Gasteiger partial charge in [0.15, 0.2) is 0 Å². The lowest BCUT2D eigenvalue weighted by atomic mass is 10.1. The van der Waals surface area contributed by atoms with Crippen molar-refractivity contribution in [2.75, 3.05) is 0 Å². The van der Waals surface area contributed by atoms with Crippen LogP contribution in [0.2, 0.25) is 0 Å². The van der Waals surface area contributed by atoms with Crippen LogP contribution in [0.1, 0.15) is 0 Å². The van der Waals surface area contributed by atoms with E-state index in [2.05, 4.69) is 4.98 Å². The minimum atomic E-state index is -0.284. The van der Waals surface area contributed by atoms with Crippen LogP contribution in [0.5, 0.6) is 0 Å². The number of benzene rings is 1. The third-order valence-corrected chi connectivity index (χ3v) is 1.94. The van der Waals surface area contributed by atoms with Gasteiger partial charge in [-0.05, 0) is 29.3 Å². The molecule has 2 rings (SSSR count). The van der Waals surface area contributed by atoms with E-state index >= 15 is 0 Å². The maximum absolute atomic E-state index is 12.9. The Balaban J connectivity index is 2.49. The maximum Gasteiger partial charge on any atom is 0.247 e. The first-order chi connectivity index (χ1) is 6.75. The van der Waals surface area contributed by atoms with Gasteiger partial charge in [-0.2, -0.15) is 0 Å². The second-order valence-corrected chi connectivity index (χ2v) is 2.95. The molecule has 3 heteroatoms. The standard InChI is InChI=1S/C11H8FNO/c12-10-3-1-2-8(6-10)9-4-5-11(14)13-7-9/h1-7H,(H,13,14). The van der Waals surface area contributed by atoms with E-state index in [-0.39, 0.29) is 11.4 Å². The molecule has 0 spiro atoms. The van der Waals surface area contributed by atoms with Gasteiger partial charge in [-0.15, -0.1) is 0 Å². The molecule has 1 heterocycles. The quantitative estimate of drug-likeness (QED) is 0.732. The van der Waals surface area contributed by atoms with Crippen LogP contribution in [0.15, 0.2) is 47.4 Å². The number of hydrogen-bond donors (Lipinski definition) is 1. The van der Waals surface area contributed by atoms with E-state index in [1.165, 1.54) is 18.2 Å². The fourth-order valence-electron chi connectivity index (χ4n) is 1.26. The minimum Gasteiger partial charge on any atom is -0.328 e. The average Bonchev–Trinajstić information content (AvgIpc) is 2.19. The van der Waals surface area contributed by atoms with Crippen molar-refractivity contribution in [1.82, 2.24) is 4.98 Å². The number of halogens is 1. The van der Waals surface area contributed by atoms with Crippen molar-refractivity contribution in [3.05, 3.63) is 58.8 Å². The molecule has 0 bridgehead atoms. The predicted molar refractivity (Wildman–Crippen MR) is 52.5 cm³/mol. The normalized spacial score (nSPS) is 10.1. The summed E-state index contributed by atoms with van der Waals surface area (Å²) in [4.78, 5) is 13.3. The summed E-state index contributed by atoms with van der Waals surface area (Å²) < 4.78 is 12.9. The van der Waals surface area contributed by atoms with Crippen LogP contribution in [0, 0.1) is 5.82 Å². The first kappa shape index (κ1) is 8.69. The minimum absolute atomic E-state index is 0.162. The molecule has 0 saturated carbocycles. The number of H-pyrrole nitrogens is 1. The highest BCUT2D eigenvalue weighted by atomic mass is 19.1. The van der Waals surface area contributed by atoms with E-state index in [0.29, 0.717) is 0 Å². The fourth-order valence-corrected chi connectivity index (χ4v) is 1.26. The zero-order valence-corrected chi connectivity index (χ0v) is 7.33. The topological polar surface area (TPSA) is 32.9 Å². The molecule has 0 amide bonds. The molecule has 70 valence electrons. The Labute approximate surface area is 80.0 Å². The van der Waals surface area contributed by atoms with Crippen molar-refractivity contribution in [2.24, 2.45) is 0 Å². The Kier molecular flexibility index (Phi) is 2.14. The van der Waals surface area contributed by atoms with Crippen LogP contribution in [0.3, 0.4) is 0 Å². The van der Waals surface area contributed by atoms with E-state index in [0.717, 1.165) is 11.1 Å². The summed E-state index contributed by atoms with van der Waals surface area (Å²) in [5.74, 6) is -0.284. The molecule has 2 aromatic rings. The van der Waals surface area contributed by atoms with E-state index in [1.54, 1.807) is 24.4 Å². The summed E-state index contributed by atoms with van der Waals surface area (Å²) in [6.45, 7) is 0. The molecule has 1 N–H and O–H groups in total. The summed E-state index contributed by atoms with van der Waals surface area (Å²) in [5.41, 5.74) is 1.38. The molecule has 14 heavy (non-hydrogen) atoms. The highest BCUT2D eigenvalue weighted by Gasteiger charge is 1.98. The molecule has 0 unspecified atom stereocenters. The second kappa shape index (κ2) is 3.46. The van der Waals surface area contributed by atoms with E-state index in [4.69, 9.17) is 0 Å². The third kappa shape index (κ3) is 1.71. The monoisotopic (exact) mass is 189 g/mol. The largest absolute Gasteiger partial charge is 0.328 e. The highest BCUT2D eigenvalue weighted by Crippen LogP contribution is 2.17. The molecule has 0 aliphatic rings. The van der Waals surface area contributed by atoms with Crippen molar-refractivity contribution >= 4 is 0 Å². The molecule has 0 aliphatic carbocycles. The van der Waals surface area contributed by atoms with Gasteiger partial charge < -0.3 is 4.98 Å². The first-order valence-corrected chi connectivity index (χ1v) is 4.20. The Morgan fingerprint density at radius 2 is 1.93 bits per heavy atom. The van der Waals surface area contributed by atoms with Crippen molar-refractivity contribution in [3.63, 3.8) is 0 Å². The Hall–Kier alpha value is -1.90. The lowest BCUT2D eigenvalue weighted by Crippen LogP contribution is -2.01. The summed E-state index contributed by atoms with van der Waals surface area (Å²) in [6, 6.07) is 9.31. The molecule has 1 aromatic heterocycles. The first-order valence-electron chi connectivity index (χ1n) is 4.20. The molecular weight excluding hydrogens is 181 g/mol. The van der Waals surface area contributed by atoms with Crippen LogP contribution in [-0.4, -0.2) is 4.98 Å². The van der Waals surface area contributed by atoms with Crippen LogP contribution in [0.25, 0.3) is 11.1 Å². The Morgan fingerprint density at radius 1 is 1.07 bits per heavy atom. The number of aromatic amines is 1. The van der Waals surface area contributed by atoms with Gasteiger partial charge in [0.05, 0.1) is 0 Å². The second-order valence-electron chi connectivity index (χ2n) is 2.95. The molecule has 0 radical (unpaired) electrons. The molecule has 2 nitrogen and oxygen atoms in total. The molecule has 1 aromatic carbocycles. The summed E-state index contributed by atoms with van der Waals surface area (Å²) in [5, 5.41) is 0. The van der Waals surface area contributed by atoms with Gasteiger partial charge >= 0.3 is 0 Å². The van der Waals surface area contributed by atoms with E-state index in [1.807, 2.05) is 0 Å². The molecular formula is C11H8FNO. The van der Waals surface area contributed by atoms with Crippen LogP contribution < -0.4 is 5.56 Å². The maximum atomic E-state index is 12.9. The number of nitrogens with one attached hydrogen (secondary N) is 1. The van der Waals surface area contributed by atoms with Crippen molar-refractivity contribution in [3.8, 4) is 11.1 Å². The molecule has 0 atom stereocenters. The van der Waals surface area contributed by atoms with Crippen molar-refractivity contribution in [2.45, 2.75) is 0 Å². The zero-order valence-electron chi connectivity index (χ0n) is 7.33. The van der Waals surface area contributed by atoms with Gasteiger partial charge in [-0.25, -0.2) is 4.39 Å². The Bertz CT molecular complexity index is 484. The average molecular weight is 189 g/mol. The van der Waals surface area contributed by atoms with Gasteiger partial charge in [0.25, 0.3) is 0 Å². The van der Waals surface area contributed by atoms with E-state index in [9.17, 15) is 9.18 Å². The van der Waals surface area contributed by atoms with Gasteiger partial charge in [0.1, 0.15) is 5.82 Å². The SMILES string of the molecule is O=c1ccc(-c2cccc(F)c2)c[nH]1. The van der Waals surface area contributed by atoms with Crippen molar-refractivity contribution < 1.29 is 4.39 Å². The third-order valence-electron chi connectivity index (χ3n) is 1.94. The van der Waals surface area contributed by atoms with Gasteiger partial charge in [0, 0.05) is 12.3 Å². The number of hydrogen-bond acceptors (Lipinski definition) is 1.